The molecule has 1 atom stereocenters. The lowest BCUT2D eigenvalue weighted by atomic mass is 9.99. The summed E-state index contributed by atoms with van der Waals surface area (Å²) < 4.78 is 4.71. The number of hydrogen-bond donors (Lipinski definition) is 1. The molecule has 1 aromatic heterocycles. The van der Waals surface area contributed by atoms with Gasteiger partial charge in [0.25, 0.3) is 0 Å². The van der Waals surface area contributed by atoms with Gasteiger partial charge in [-0.3, -0.25) is 9.59 Å². The minimum absolute atomic E-state index is 0.0696. The van der Waals surface area contributed by atoms with E-state index in [4.69, 9.17) is 4.74 Å². The number of ether oxygens (including phenoxy) is 1. The smallest absolute Gasteiger partial charge is 0.354 e. The van der Waals surface area contributed by atoms with E-state index < -0.39 is 12.0 Å². The number of aryl methyl sites for hydroxylation is 1. The second kappa shape index (κ2) is 7.44. The van der Waals surface area contributed by atoms with Gasteiger partial charge in [0.2, 0.25) is 5.91 Å². The Bertz CT molecular complexity index is 616. The summed E-state index contributed by atoms with van der Waals surface area (Å²) in [6.07, 6.45) is 0.395. The highest BCUT2D eigenvalue weighted by Gasteiger charge is 2.29. The van der Waals surface area contributed by atoms with Gasteiger partial charge in [-0.2, -0.15) is 0 Å². The van der Waals surface area contributed by atoms with Crippen LogP contribution in [0.25, 0.3) is 0 Å². The van der Waals surface area contributed by atoms with Crippen LogP contribution in [0.1, 0.15) is 59.3 Å². The normalized spacial score (nSPS) is 12.2. The minimum atomic E-state index is -0.597. The van der Waals surface area contributed by atoms with E-state index in [1.807, 2.05) is 13.8 Å². The van der Waals surface area contributed by atoms with Gasteiger partial charge in [0.05, 0.1) is 13.2 Å². The third kappa shape index (κ3) is 4.00. The zero-order chi connectivity index (χ0) is 17.9. The van der Waals surface area contributed by atoms with E-state index in [0.29, 0.717) is 23.2 Å². The Kier molecular flexibility index (Phi) is 6.12. The largest absolute Gasteiger partial charge is 0.464 e. The number of methoxy groups -OCH3 is 1. The summed E-state index contributed by atoms with van der Waals surface area (Å²) in [5.74, 6) is -0.540. The van der Waals surface area contributed by atoms with E-state index >= 15 is 0 Å². The number of aromatic amines is 1. The average Bonchev–Trinajstić information content (AvgIpc) is 2.78. The maximum atomic E-state index is 12.8. The van der Waals surface area contributed by atoms with Gasteiger partial charge < -0.3 is 14.6 Å². The highest BCUT2D eigenvalue weighted by atomic mass is 16.5. The zero-order valence-electron chi connectivity index (χ0n) is 14.9. The molecular weight excluding hydrogens is 296 g/mol. The lowest BCUT2D eigenvalue weighted by Gasteiger charge is -2.25. The number of ketones is 1. The first kappa shape index (κ1) is 18.9. The van der Waals surface area contributed by atoms with Crippen LogP contribution >= 0.6 is 0 Å². The van der Waals surface area contributed by atoms with Gasteiger partial charge in [0.1, 0.15) is 5.69 Å². The molecule has 1 aromatic rings. The molecule has 1 heterocycles. The van der Waals surface area contributed by atoms with Crippen LogP contribution in [-0.2, 0) is 9.53 Å². The minimum Gasteiger partial charge on any atom is -0.464 e. The van der Waals surface area contributed by atoms with Crippen molar-refractivity contribution in [2.45, 2.75) is 47.1 Å². The molecule has 6 heteroatoms. The van der Waals surface area contributed by atoms with Crippen molar-refractivity contribution in [3.8, 4) is 0 Å². The Hall–Kier alpha value is -2.11. The number of H-pyrrole nitrogens is 1. The molecule has 1 N–H and O–H groups in total. The second-order valence-corrected chi connectivity index (χ2v) is 6.26. The van der Waals surface area contributed by atoms with Crippen LogP contribution in [0.15, 0.2) is 0 Å². The van der Waals surface area contributed by atoms with Crippen molar-refractivity contribution in [2.24, 2.45) is 5.92 Å². The fourth-order valence-electron chi connectivity index (χ4n) is 2.52. The highest BCUT2D eigenvalue weighted by molar-refractivity contribution is 6.06. The maximum Gasteiger partial charge on any atom is 0.354 e. The van der Waals surface area contributed by atoms with Gasteiger partial charge in [-0.15, -0.1) is 0 Å². The molecule has 23 heavy (non-hydrogen) atoms. The molecule has 1 amide bonds. The molecule has 0 radical (unpaired) electrons. The predicted octanol–water partition coefficient (Wildman–Crippen LogP) is 2.49. The summed E-state index contributed by atoms with van der Waals surface area (Å²) in [7, 11) is 2.92. The monoisotopic (exact) mass is 322 g/mol. The lowest BCUT2D eigenvalue weighted by molar-refractivity contribution is -0.131. The van der Waals surface area contributed by atoms with Crippen LogP contribution in [-0.4, -0.2) is 47.7 Å². The number of Topliss-reactive ketones (excluding diaryl/α,β-unsaturated/α-hetero) is 1. The molecule has 0 spiro atoms. The molecule has 0 aliphatic carbocycles. The Balaban J connectivity index is 3.08. The van der Waals surface area contributed by atoms with Crippen LogP contribution in [0.4, 0.5) is 0 Å². The van der Waals surface area contributed by atoms with E-state index in [2.05, 4.69) is 4.98 Å². The standard InChI is InChI=1S/C17H26N2O4/c1-9(2)8-13(20)19(6)12(5)16(21)14-10(3)15(17(22)23-7)18-11(14)4/h9,12,18H,8H2,1-7H3/t12-/m0/s1. The van der Waals surface area contributed by atoms with Crippen molar-refractivity contribution in [1.82, 2.24) is 9.88 Å². The number of nitrogens with zero attached hydrogens (tertiary/aromatic N) is 1. The number of likely N-dealkylation sites (N-methyl/N-ethyl adjacent to an activating group) is 1. The van der Waals surface area contributed by atoms with Gasteiger partial charge >= 0.3 is 5.97 Å². The summed E-state index contributed by atoms with van der Waals surface area (Å²) in [5.41, 5.74) is 1.87. The van der Waals surface area contributed by atoms with Gasteiger partial charge in [-0.05, 0) is 32.3 Å². The fourth-order valence-corrected chi connectivity index (χ4v) is 2.52. The summed E-state index contributed by atoms with van der Waals surface area (Å²) in [4.78, 5) is 41.0. The van der Waals surface area contributed by atoms with Crippen molar-refractivity contribution in [3.05, 3.63) is 22.5 Å². The van der Waals surface area contributed by atoms with Gasteiger partial charge in [0.15, 0.2) is 5.78 Å². The predicted molar refractivity (Wildman–Crippen MR) is 87.6 cm³/mol. The van der Waals surface area contributed by atoms with E-state index in [9.17, 15) is 14.4 Å². The first-order valence-electron chi connectivity index (χ1n) is 7.69. The average molecular weight is 322 g/mol. The molecule has 0 aromatic carbocycles. The first-order valence-corrected chi connectivity index (χ1v) is 7.69. The van der Waals surface area contributed by atoms with E-state index in [1.54, 1.807) is 27.8 Å². The van der Waals surface area contributed by atoms with Crippen LogP contribution in [0.5, 0.6) is 0 Å². The Morgan fingerprint density at radius 3 is 2.22 bits per heavy atom. The zero-order valence-corrected chi connectivity index (χ0v) is 14.9. The second-order valence-electron chi connectivity index (χ2n) is 6.26. The van der Waals surface area contributed by atoms with Gasteiger partial charge in [-0.25, -0.2) is 4.79 Å². The third-order valence-electron chi connectivity index (χ3n) is 4.01. The van der Waals surface area contributed by atoms with Crippen molar-refractivity contribution < 1.29 is 19.1 Å². The number of hydrogen-bond acceptors (Lipinski definition) is 4. The Labute approximate surface area is 137 Å². The third-order valence-corrected chi connectivity index (χ3v) is 4.01. The number of nitrogens with one attached hydrogen (secondary N) is 1. The SMILES string of the molecule is COC(=O)c1[nH]c(C)c(C(=O)[C@H](C)N(C)C(=O)CC(C)C)c1C. The Morgan fingerprint density at radius 1 is 1.17 bits per heavy atom. The van der Waals surface area contributed by atoms with Crippen LogP contribution < -0.4 is 0 Å². The van der Waals surface area contributed by atoms with Gasteiger partial charge in [0, 0.05) is 24.7 Å². The molecule has 0 aliphatic heterocycles. The number of carbonyl (C=O) groups excluding carboxylic acids is 3. The number of rotatable bonds is 6. The first-order chi connectivity index (χ1) is 10.6. The fraction of sp³-hybridized carbons (Fsp3) is 0.588. The molecule has 6 nitrogen and oxygen atoms in total. The molecule has 128 valence electrons. The topological polar surface area (TPSA) is 79.5 Å². The molecule has 1 rings (SSSR count). The quantitative estimate of drug-likeness (QED) is 0.644. The molecule has 0 saturated heterocycles. The van der Waals surface area contributed by atoms with Crippen molar-refractivity contribution in [3.63, 3.8) is 0 Å². The lowest BCUT2D eigenvalue weighted by Crippen LogP contribution is -2.41. The molecule has 0 aliphatic rings. The number of aromatic nitrogens is 1. The van der Waals surface area contributed by atoms with Crippen molar-refractivity contribution in [1.29, 1.82) is 0 Å². The van der Waals surface area contributed by atoms with E-state index in [0.717, 1.165) is 0 Å². The number of amides is 1. The van der Waals surface area contributed by atoms with E-state index in [-0.39, 0.29) is 23.3 Å². The summed E-state index contributed by atoms with van der Waals surface area (Å²) in [5, 5.41) is 0. The summed E-state index contributed by atoms with van der Waals surface area (Å²) in [6, 6.07) is -0.597. The number of carbonyl (C=O) groups is 3. The maximum absolute atomic E-state index is 12.8. The molecular formula is C17H26N2O4. The van der Waals surface area contributed by atoms with Crippen LogP contribution in [0.3, 0.4) is 0 Å². The van der Waals surface area contributed by atoms with Crippen LogP contribution in [0, 0.1) is 19.8 Å². The van der Waals surface area contributed by atoms with Crippen LogP contribution in [0.2, 0.25) is 0 Å². The highest BCUT2D eigenvalue weighted by Crippen LogP contribution is 2.22. The van der Waals surface area contributed by atoms with E-state index in [1.165, 1.54) is 12.0 Å². The summed E-state index contributed by atoms with van der Waals surface area (Å²) in [6.45, 7) is 9.05. The Morgan fingerprint density at radius 2 is 1.74 bits per heavy atom. The van der Waals surface area contributed by atoms with Crippen molar-refractivity contribution in [2.75, 3.05) is 14.2 Å². The summed E-state index contributed by atoms with van der Waals surface area (Å²) >= 11 is 0. The molecule has 0 bridgehead atoms. The van der Waals surface area contributed by atoms with Gasteiger partial charge in [-0.1, -0.05) is 13.8 Å². The van der Waals surface area contributed by atoms with Crippen molar-refractivity contribution >= 4 is 17.7 Å². The molecule has 0 fully saturated rings. The molecule has 0 unspecified atom stereocenters. The number of esters is 1. The molecule has 0 saturated carbocycles.